The molecule has 0 aliphatic rings. The van der Waals surface area contributed by atoms with E-state index in [-0.39, 0.29) is 0 Å². The monoisotopic (exact) mass is 660 g/mol. The Labute approximate surface area is 298 Å². The van der Waals surface area contributed by atoms with Crippen LogP contribution in [0.3, 0.4) is 0 Å². The molecule has 0 atom stereocenters. The third-order valence-electron chi connectivity index (χ3n) is 9.80. The average molecular weight is 661 g/mol. The molecule has 0 N–H and O–H groups in total. The summed E-state index contributed by atoms with van der Waals surface area (Å²) in [6, 6.07) is 56.8. The van der Waals surface area contributed by atoms with Gasteiger partial charge in [-0.15, -0.1) is 0 Å². The molecule has 9 rings (SSSR count). The van der Waals surface area contributed by atoms with Crippen LogP contribution < -0.4 is 0 Å². The predicted octanol–water partition coefficient (Wildman–Crippen LogP) is 10.7. The number of benzene rings is 7. The summed E-state index contributed by atoms with van der Waals surface area (Å²) in [4.78, 5) is 0. The van der Waals surface area contributed by atoms with Crippen LogP contribution in [-0.2, 0) is 0 Å². The fourth-order valence-electron chi connectivity index (χ4n) is 7.55. The van der Waals surface area contributed by atoms with Crippen molar-refractivity contribution < 1.29 is 0 Å². The van der Waals surface area contributed by atoms with Gasteiger partial charge < -0.3 is 9.13 Å². The van der Waals surface area contributed by atoms with Crippen molar-refractivity contribution in [3.63, 3.8) is 0 Å². The molecule has 9 aromatic rings. The number of para-hydroxylation sites is 3. The van der Waals surface area contributed by atoms with E-state index in [2.05, 4.69) is 81.9 Å². The number of hydrogen-bond donors (Lipinski definition) is 0. The van der Waals surface area contributed by atoms with Crippen molar-refractivity contribution in [2.24, 2.45) is 0 Å². The fraction of sp³-hybridized carbons (Fsp3) is 0. The van der Waals surface area contributed by atoms with Crippen LogP contribution in [0.5, 0.6) is 0 Å². The van der Waals surface area contributed by atoms with Gasteiger partial charge in [-0.2, -0.15) is 21.0 Å². The molecule has 0 amide bonds. The van der Waals surface area contributed by atoms with Crippen molar-refractivity contribution in [1.82, 2.24) is 9.13 Å². The zero-order chi connectivity index (χ0) is 35.3. The zero-order valence-corrected chi connectivity index (χ0v) is 27.5. The second-order valence-corrected chi connectivity index (χ2v) is 12.7. The Balaban J connectivity index is 1.24. The van der Waals surface area contributed by atoms with Crippen LogP contribution in [-0.4, -0.2) is 9.13 Å². The van der Waals surface area contributed by atoms with Crippen LogP contribution in [0, 0.1) is 45.3 Å². The lowest BCUT2D eigenvalue weighted by atomic mass is 9.96. The van der Waals surface area contributed by atoms with Crippen molar-refractivity contribution in [2.45, 2.75) is 0 Å². The van der Waals surface area contributed by atoms with Gasteiger partial charge in [0.2, 0.25) is 0 Å². The largest absolute Gasteiger partial charge is 0.309 e. The summed E-state index contributed by atoms with van der Waals surface area (Å²) in [5.41, 5.74) is 11.4. The highest BCUT2D eigenvalue weighted by atomic mass is 15.0. The lowest BCUT2D eigenvalue weighted by molar-refractivity contribution is 1.17. The SMILES string of the molecule is N#Cc1cc(-c2cccc(-c3ccccc3-n3c4ccc(C#N)cc4c4cccc(C#N)c43)c2)cc(-n2c3ccccc3c3cc(C#N)ccc32)c1. The summed E-state index contributed by atoms with van der Waals surface area (Å²) in [5.74, 6) is 0. The molecule has 0 fully saturated rings. The highest BCUT2D eigenvalue weighted by Gasteiger charge is 2.19. The Morgan fingerprint density at radius 3 is 1.79 bits per heavy atom. The van der Waals surface area contributed by atoms with Crippen LogP contribution in [0.15, 0.2) is 146 Å². The molecule has 52 heavy (non-hydrogen) atoms. The molecule has 238 valence electrons. The minimum Gasteiger partial charge on any atom is -0.309 e. The third kappa shape index (κ3) is 4.62. The van der Waals surface area contributed by atoms with Crippen molar-refractivity contribution in [2.75, 3.05) is 0 Å². The van der Waals surface area contributed by atoms with E-state index >= 15 is 0 Å². The molecule has 0 spiro atoms. The lowest BCUT2D eigenvalue weighted by Gasteiger charge is -2.16. The van der Waals surface area contributed by atoms with E-state index in [0.717, 1.165) is 77.2 Å². The van der Waals surface area contributed by atoms with E-state index in [1.165, 1.54) is 0 Å². The minimum atomic E-state index is 0.531. The topological polar surface area (TPSA) is 105 Å². The Hall–Kier alpha value is -7.90. The van der Waals surface area contributed by atoms with Crippen molar-refractivity contribution >= 4 is 43.6 Å². The first-order valence-electron chi connectivity index (χ1n) is 16.7. The molecule has 0 aliphatic heterocycles. The van der Waals surface area contributed by atoms with E-state index in [0.29, 0.717) is 22.3 Å². The summed E-state index contributed by atoms with van der Waals surface area (Å²) in [5, 5.41) is 43.5. The first kappa shape index (κ1) is 30.2. The Bertz CT molecular complexity index is 3130. The summed E-state index contributed by atoms with van der Waals surface area (Å²) >= 11 is 0. The average Bonchev–Trinajstić information content (AvgIpc) is 3.72. The van der Waals surface area contributed by atoms with Gasteiger partial charge in [0.05, 0.1) is 68.2 Å². The molecule has 0 saturated carbocycles. The normalized spacial score (nSPS) is 11.0. The van der Waals surface area contributed by atoms with Gasteiger partial charge in [-0.1, -0.05) is 66.7 Å². The number of fused-ring (bicyclic) bond motifs is 6. The third-order valence-corrected chi connectivity index (χ3v) is 9.80. The maximum atomic E-state index is 10.2. The summed E-state index contributed by atoms with van der Waals surface area (Å²) in [6.45, 7) is 0. The Kier molecular flexibility index (Phi) is 6.91. The molecule has 6 nitrogen and oxygen atoms in total. The maximum absolute atomic E-state index is 10.2. The predicted molar refractivity (Wildman–Crippen MR) is 205 cm³/mol. The molecule has 0 saturated heterocycles. The van der Waals surface area contributed by atoms with Gasteiger partial charge in [0.15, 0.2) is 0 Å². The van der Waals surface area contributed by atoms with Crippen LogP contribution >= 0.6 is 0 Å². The molecular formula is C46H24N6. The first-order chi connectivity index (χ1) is 25.6. The van der Waals surface area contributed by atoms with Crippen molar-refractivity contribution in [3.8, 4) is 57.9 Å². The first-order valence-corrected chi connectivity index (χ1v) is 16.7. The molecule has 0 radical (unpaired) electrons. The standard InChI is InChI=1S/C46H24N6/c47-25-29-15-17-44-40(21-29)38-11-2-4-14-43(38)51(44)36-20-31(27-49)19-35(24-36)32-7-5-8-33(23-32)37-10-1-3-13-42(37)52-45-18-16-30(26-48)22-41(45)39-12-6-9-34(28-50)46(39)52/h1-24H. The Morgan fingerprint density at radius 2 is 1.02 bits per heavy atom. The Morgan fingerprint density at radius 1 is 0.385 bits per heavy atom. The molecule has 2 aromatic heterocycles. The smallest absolute Gasteiger partial charge is 0.101 e. The van der Waals surface area contributed by atoms with Crippen LogP contribution in [0.4, 0.5) is 0 Å². The van der Waals surface area contributed by atoms with E-state index in [4.69, 9.17) is 0 Å². The van der Waals surface area contributed by atoms with Crippen LogP contribution in [0.2, 0.25) is 0 Å². The van der Waals surface area contributed by atoms with Gasteiger partial charge in [0.1, 0.15) is 6.07 Å². The molecule has 0 unspecified atom stereocenters. The number of rotatable bonds is 4. The number of nitrogens with zero attached hydrogens (tertiary/aromatic N) is 6. The second kappa shape index (κ2) is 11.9. The lowest BCUT2D eigenvalue weighted by Crippen LogP contribution is -1.99. The van der Waals surface area contributed by atoms with E-state index in [1.54, 1.807) is 0 Å². The molecule has 6 heteroatoms. The summed E-state index contributed by atoms with van der Waals surface area (Å²) < 4.78 is 4.28. The molecule has 2 heterocycles. The van der Waals surface area contributed by atoms with Gasteiger partial charge in [-0.3, -0.25) is 0 Å². The van der Waals surface area contributed by atoms with Gasteiger partial charge in [0, 0.05) is 32.8 Å². The highest BCUT2D eigenvalue weighted by Crippen LogP contribution is 2.39. The van der Waals surface area contributed by atoms with Gasteiger partial charge in [-0.25, -0.2) is 0 Å². The number of hydrogen-bond acceptors (Lipinski definition) is 4. The summed E-state index contributed by atoms with van der Waals surface area (Å²) in [6.07, 6.45) is 0. The van der Waals surface area contributed by atoms with Gasteiger partial charge >= 0.3 is 0 Å². The fourth-order valence-corrected chi connectivity index (χ4v) is 7.55. The van der Waals surface area contributed by atoms with Gasteiger partial charge in [-0.05, 0) is 95.6 Å². The highest BCUT2D eigenvalue weighted by molar-refractivity contribution is 6.12. The molecule has 0 aliphatic carbocycles. The van der Waals surface area contributed by atoms with Crippen LogP contribution in [0.25, 0.3) is 77.2 Å². The molecule has 7 aromatic carbocycles. The van der Waals surface area contributed by atoms with Gasteiger partial charge in [0.25, 0.3) is 0 Å². The maximum Gasteiger partial charge on any atom is 0.101 e. The van der Waals surface area contributed by atoms with E-state index in [9.17, 15) is 21.0 Å². The summed E-state index contributed by atoms with van der Waals surface area (Å²) in [7, 11) is 0. The second-order valence-electron chi connectivity index (χ2n) is 12.7. The number of aromatic nitrogens is 2. The van der Waals surface area contributed by atoms with Crippen molar-refractivity contribution in [1.29, 1.82) is 21.0 Å². The zero-order valence-electron chi connectivity index (χ0n) is 27.5. The minimum absolute atomic E-state index is 0.531. The quantitative estimate of drug-likeness (QED) is 0.187. The van der Waals surface area contributed by atoms with Crippen molar-refractivity contribution in [3.05, 3.63) is 168 Å². The number of nitriles is 4. The van der Waals surface area contributed by atoms with E-state index < -0.39 is 0 Å². The van der Waals surface area contributed by atoms with E-state index in [1.807, 2.05) is 97.1 Å². The van der Waals surface area contributed by atoms with Crippen LogP contribution in [0.1, 0.15) is 22.3 Å². The molecule has 0 bridgehead atoms. The molecular weight excluding hydrogens is 637 g/mol.